The van der Waals surface area contributed by atoms with E-state index in [-0.39, 0.29) is 0 Å². The van der Waals surface area contributed by atoms with Crippen molar-refractivity contribution in [2.45, 2.75) is 13.1 Å². The summed E-state index contributed by atoms with van der Waals surface area (Å²) < 4.78 is 0. The van der Waals surface area contributed by atoms with Crippen molar-refractivity contribution in [2.24, 2.45) is 0 Å². The lowest BCUT2D eigenvalue weighted by atomic mass is 10.1. The third-order valence-electron chi connectivity index (χ3n) is 4.10. The van der Waals surface area contributed by atoms with Gasteiger partial charge in [-0.15, -0.1) is 0 Å². The summed E-state index contributed by atoms with van der Waals surface area (Å²) in [6.45, 7) is 6.16. The molecule has 1 heterocycles. The maximum absolute atomic E-state index is 9.85. The molecule has 2 aromatic rings. The number of hydrogen-bond donors (Lipinski definition) is 1. The van der Waals surface area contributed by atoms with Gasteiger partial charge in [0.15, 0.2) is 0 Å². The third kappa shape index (κ3) is 3.84. The van der Waals surface area contributed by atoms with Crippen molar-refractivity contribution in [3.05, 3.63) is 65.7 Å². The van der Waals surface area contributed by atoms with Crippen LogP contribution in [0.1, 0.15) is 11.1 Å². The monoisotopic (exact) mass is 282 g/mol. The van der Waals surface area contributed by atoms with Crippen molar-refractivity contribution in [1.29, 1.82) is 0 Å². The van der Waals surface area contributed by atoms with E-state index in [2.05, 4.69) is 40.1 Å². The predicted octanol–water partition coefficient (Wildman–Crippen LogP) is 2.71. The van der Waals surface area contributed by atoms with Crippen molar-refractivity contribution in [3.63, 3.8) is 0 Å². The molecule has 110 valence electrons. The number of piperazine rings is 1. The molecule has 0 aliphatic carbocycles. The van der Waals surface area contributed by atoms with Crippen molar-refractivity contribution in [1.82, 2.24) is 9.80 Å². The van der Waals surface area contributed by atoms with Gasteiger partial charge in [-0.3, -0.25) is 9.80 Å². The lowest BCUT2D eigenvalue weighted by Gasteiger charge is -2.34. The van der Waals surface area contributed by atoms with E-state index in [1.807, 2.05) is 18.2 Å². The van der Waals surface area contributed by atoms with E-state index in [1.54, 1.807) is 6.07 Å². The first kappa shape index (κ1) is 14.1. The Morgan fingerprint density at radius 1 is 0.714 bits per heavy atom. The number of aromatic hydroxyl groups is 1. The third-order valence-corrected chi connectivity index (χ3v) is 4.10. The molecule has 0 bridgehead atoms. The molecule has 3 rings (SSSR count). The smallest absolute Gasteiger partial charge is 0.120 e. The first-order valence-corrected chi connectivity index (χ1v) is 7.57. The Morgan fingerprint density at radius 3 is 1.95 bits per heavy atom. The Balaban J connectivity index is 1.50. The first-order chi connectivity index (χ1) is 10.3. The maximum atomic E-state index is 9.85. The van der Waals surface area contributed by atoms with Gasteiger partial charge >= 0.3 is 0 Å². The Morgan fingerprint density at radius 2 is 1.29 bits per heavy atom. The molecule has 21 heavy (non-hydrogen) atoms. The highest BCUT2D eigenvalue weighted by molar-refractivity contribution is 5.31. The standard InChI is InChI=1S/C18H22N2O/c21-18-9-5-4-8-17(18)15-20-12-10-19(11-13-20)14-16-6-2-1-3-7-16/h1-9,21H,10-15H2. The minimum Gasteiger partial charge on any atom is -0.508 e. The molecule has 1 saturated heterocycles. The molecule has 0 radical (unpaired) electrons. The Labute approximate surface area is 126 Å². The molecule has 1 aliphatic heterocycles. The van der Waals surface area contributed by atoms with Crippen LogP contribution < -0.4 is 0 Å². The zero-order valence-electron chi connectivity index (χ0n) is 12.3. The molecule has 2 aromatic carbocycles. The molecule has 3 nitrogen and oxygen atoms in total. The highest BCUT2D eigenvalue weighted by atomic mass is 16.3. The summed E-state index contributed by atoms with van der Waals surface area (Å²) in [6.07, 6.45) is 0. The highest BCUT2D eigenvalue weighted by Crippen LogP contribution is 2.18. The van der Waals surface area contributed by atoms with Gasteiger partial charge in [0.1, 0.15) is 5.75 Å². The van der Waals surface area contributed by atoms with E-state index in [0.29, 0.717) is 5.75 Å². The summed E-state index contributed by atoms with van der Waals surface area (Å²) in [5.41, 5.74) is 2.40. The largest absolute Gasteiger partial charge is 0.508 e. The number of para-hydroxylation sites is 1. The van der Waals surface area contributed by atoms with Gasteiger partial charge in [-0.1, -0.05) is 48.5 Å². The SMILES string of the molecule is Oc1ccccc1CN1CCN(Cc2ccccc2)CC1. The van der Waals surface area contributed by atoms with Crippen molar-refractivity contribution in [2.75, 3.05) is 26.2 Å². The van der Waals surface area contributed by atoms with Crippen LogP contribution in [0.5, 0.6) is 5.75 Å². The topological polar surface area (TPSA) is 26.7 Å². The van der Waals surface area contributed by atoms with E-state index in [0.717, 1.165) is 44.8 Å². The number of benzene rings is 2. The van der Waals surface area contributed by atoms with Crippen LogP contribution in [0.25, 0.3) is 0 Å². The number of rotatable bonds is 4. The van der Waals surface area contributed by atoms with Gasteiger partial charge in [0, 0.05) is 44.8 Å². The van der Waals surface area contributed by atoms with Crippen molar-refractivity contribution < 1.29 is 5.11 Å². The Hall–Kier alpha value is -1.84. The lowest BCUT2D eigenvalue weighted by molar-refractivity contribution is 0.121. The quantitative estimate of drug-likeness (QED) is 0.934. The van der Waals surface area contributed by atoms with E-state index in [9.17, 15) is 5.11 Å². The lowest BCUT2D eigenvalue weighted by Crippen LogP contribution is -2.45. The summed E-state index contributed by atoms with van der Waals surface area (Å²) in [5.74, 6) is 0.407. The van der Waals surface area contributed by atoms with Gasteiger partial charge < -0.3 is 5.11 Å². The first-order valence-electron chi connectivity index (χ1n) is 7.57. The van der Waals surface area contributed by atoms with Crippen LogP contribution in [0.2, 0.25) is 0 Å². The summed E-state index contributed by atoms with van der Waals surface area (Å²) in [5, 5.41) is 9.85. The van der Waals surface area contributed by atoms with Gasteiger partial charge in [-0.25, -0.2) is 0 Å². The molecule has 1 aliphatic rings. The van der Waals surface area contributed by atoms with Crippen LogP contribution in [0, 0.1) is 0 Å². The molecule has 0 spiro atoms. The average Bonchev–Trinajstić information content (AvgIpc) is 2.52. The zero-order chi connectivity index (χ0) is 14.5. The molecule has 1 N–H and O–H groups in total. The Bertz CT molecular complexity index is 562. The molecule has 0 aromatic heterocycles. The number of hydrogen-bond acceptors (Lipinski definition) is 3. The fraction of sp³-hybridized carbons (Fsp3) is 0.333. The number of nitrogens with zero attached hydrogens (tertiary/aromatic N) is 2. The molecule has 0 unspecified atom stereocenters. The van der Waals surface area contributed by atoms with Crippen LogP contribution in [0.3, 0.4) is 0 Å². The van der Waals surface area contributed by atoms with E-state index < -0.39 is 0 Å². The second-order valence-electron chi connectivity index (χ2n) is 5.67. The van der Waals surface area contributed by atoms with Gasteiger partial charge in [-0.05, 0) is 11.6 Å². The van der Waals surface area contributed by atoms with Crippen LogP contribution in [-0.4, -0.2) is 41.1 Å². The normalized spacial score (nSPS) is 17.0. The second-order valence-corrected chi connectivity index (χ2v) is 5.67. The summed E-state index contributed by atoms with van der Waals surface area (Å²) in [6, 6.07) is 18.3. The zero-order valence-corrected chi connectivity index (χ0v) is 12.3. The second kappa shape index (κ2) is 6.74. The van der Waals surface area contributed by atoms with E-state index in [4.69, 9.17) is 0 Å². The predicted molar refractivity (Wildman–Crippen MR) is 85.1 cm³/mol. The fourth-order valence-corrected chi connectivity index (χ4v) is 2.83. The number of phenols is 1. The molecule has 0 saturated carbocycles. The van der Waals surface area contributed by atoms with Crippen LogP contribution >= 0.6 is 0 Å². The molecule has 0 atom stereocenters. The Kier molecular flexibility index (Phi) is 4.53. The summed E-state index contributed by atoms with van der Waals surface area (Å²) in [4.78, 5) is 4.91. The van der Waals surface area contributed by atoms with Crippen LogP contribution in [0.15, 0.2) is 54.6 Å². The molecular formula is C18H22N2O. The molecule has 3 heteroatoms. The van der Waals surface area contributed by atoms with Gasteiger partial charge in [-0.2, -0.15) is 0 Å². The molecule has 0 amide bonds. The minimum atomic E-state index is 0.407. The van der Waals surface area contributed by atoms with Crippen molar-refractivity contribution >= 4 is 0 Å². The van der Waals surface area contributed by atoms with E-state index in [1.165, 1.54) is 5.56 Å². The van der Waals surface area contributed by atoms with Gasteiger partial charge in [0.2, 0.25) is 0 Å². The molecular weight excluding hydrogens is 260 g/mol. The molecule has 1 fully saturated rings. The van der Waals surface area contributed by atoms with Crippen molar-refractivity contribution in [3.8, 4) is 5.75 Å². The fourth-order valence-electron chi connectivity index (χ4n) is 2.83. The van der Waals surface area contributed by atoms with Gasteiger partial charge in [0.05, 0.1) is 0 Å². The van der Waals surface area contributed by atoms with Crippen LogP contribution in [0.4, 0.5) is 0 Å². The summed E-state index contributed by atoms with van der Waals surface area (Å²) >= 11 is 0. The average molecular weight is 282 g/mol. The summed E-state index contributed by atoms with van der Waals surface area (Å²) in [7, 11) is 0. The minimum absolute atomic E-state index is 0.407. The van der Waals surface area contributed by atoms with Crippen LogP contribution in [-0.2, 0) is 13.1 Å². The number of phenolic OH excluding ortho intramolecular Hbond substituents is 1. The maximum Gasteiger partial charge on any atom is 0.120 e. The van der Waals surface area contributed by atoms with E-state index >= 15 is 0 Å². The van der Waals surface area contributed by atoms with Gasteiger partial charge in [0.25, 0.3) is 0 Å². The highest BCUT2D eigenvalue weighted by Gasteiger charge is 2.17.